The van der Waals surface area contributed by atoms with E-state index in [2.05, 4.69) is 8.75 Å². The highest BCUT2D eigenvalue weighted by molar-refractivity contribution is 7.00. The Bertz CT molecular complexity index is 396. The second kappa shape index (κ2) is 2.17. The number of hydrogen-bond donors (Lipinski definition) is 1. The molecule has 0 radical (unpaired) electrons. The second-order valence-corrected chi connectivity index (χ2v) is 2.89. The van der Waals surface area contributed by atoms with E-state index in [4.69, 9.17) is 0 Å². The van der Waals surface area contributed by atoms with E-state index in [0.29, 0.717) is 5.52 Å². The first-order valence-corrected chi connectivity index (χ1v) is 3.93. The summed E-state index contributed by atoms with van der Waals surface area (Å²) in [7, 11) is 0. The lowest BCUT2D eigenvalue weighted by Gasteiger charge is -1.95. The van der Waals surface area contributed by atoms with Crippen molar-refractivity contribution in [2.75, 3.05) is 0 Å². The van der Waals surface area contributed by atoms with Crippen LogP contribution in [-0.4, -0.2) is 13.9 Å². The summed E-state index contributed by atoms with van der Waals surface area (Å²) in [6.07, 6.45) is 0. The fourth-order valence-corrected chi connectivity index (χ4v) is 1.48. The van der Waals surface area contributed by atoms with Gasteiger partial charge in [-0.3, -0.25) is 0 Å². The lowest BCUT2D eigenvalue weighted by atomic mass is 10.2. The number of benzene rings is 1. The molecule has 0 saturated heterocycles. The molecule has 0 bridgehead atoms. The summed E-state index contributed by atoms with van der Waals surface area (Å²) in [5.74, 6) is 0.247. The van der Waals surface area contributed by atoms with Crippen LogP contribution >= 0.6 is 11.7 Å². The number of rotatable bonds is 0. The van der Waals surface area contributed by atoms with E-state index < -0.39 is 0 Å². The molecular weight excluding hydrogens is 160 g/mol. The van der Waals surface area contributed by atoms with Gasteiger partial charge in [0.2, 0.25) is 0 Å². The Morgan fingerprint density at radius 3 is 3.00 bits per heavy atom. The van der Waals surface area contributed by atoms with Gasteiger partial charge in [-0.1, -0.05) is 6.07 Å². The number of aryl methyl sites for hydroxylation is 1. The maximum absolute atomic E-state index is 9.45. The number of fused-ring (bicyclic) bond motifs is 1. The molecule has 0 spiro atoms. The molecule has 0 aliphatic rings. The molecule has 0 amide bonds. The van der Waals surface area contributed by atoms with Gasteiger partial charge in [-0.05, 0) is 18.6 Å². The molecule has 4 heteroatoms. The van der Waals surface area contributed by atoms with Crippen molar-refractivity contribution in [2.45, 2.75) is 6.92 Å². The van der Waals surface area contributed by atoms with E-state index in [9.17, 15) is 5.11 Å². The predicted molar refractivity (Wildman–Crippen MR) is 43.8 cm³/mol. The van der Waals surface area contributed by atoms with Gasteiger partial charge in [0.1, 0.15) is 16.8 Å². The summed E-state index contributed by atoms with van der Waals surface area (Å²) in [6, 6.07) is 3.69. The molecule has 56 valence electrons. The van der Waals surface area contributed by atoms with Crippen LogP contribution < -0.4 is 0 Å². The molecule has 0 fully saturated rings. The minimum Gasteiger partial charge on any atom is -0.505 e. The van der Waals surface area contributed by atoms with Crippen LogP contribution in [0.1, 0.15) is 5.56 Å². The maximum Gasteiger partial charge on any atom is 0.147 e. The Hall–Kier alpha value is -1.16. The average molecular weight is 166 g/mol. The maximum atomic E-state index is 9.45. The van der Waals surface area contributed by atoms with Gasteiger partial charge in [0.05, 0.1) is 11.7 Å². The zero-order valence-electron chi connectivity index (χ0n) is 5.90. The fraction of sp³-hybridized carbons (Fsp3) is 0.143. The summed E-state index contributed by atoms with van der Waals surface area (Å²) in [4.78, 5) is 0. The van der Waals surface area contributed by atoms with Gasteiger partial charge in [-0.25, -0.2) is 0 Å². The first-order chi connectivity index (χ1) is 5.29. The Kier molecular flexibility index (Phi) is 1.29. The predicted octanol–water partition coefficient (Wildman–Crippen LogP) is 1.71. The van der Waals surface area contributed by atoms with Crippen molar-refractivity contribution >= 4 is 22.8 Å². The number of phenolic OH excluding ortho intramolecular Hbond substituents is 1. The third-order valence-electron chi connectivity index (χ3n) is 1.60. The van der Waals surface area contributed by atoms with Crippen LogP contribution in [0.2, 0.25) is 0 Å². The standard InChI is InChI=1S/C7H6N2OS/c1-4-2-3-5-6(7(4)10)9-11-8-5/h2-3,10H,1H3. The summed E-state index contributed by atoms with van der Waals surface area (Å²) in [5, 5.41) is 9.45. The molecule has 1 aromatic carbocycles. The highest BCUT2D eigenvalue weighted by atomic mass is 32.1. The number of phenols is 1. The van der Waals surface area contributed by atoms with Crippen molar-refractivity contribution < 1.29 is 5.11 Å². The van der Waals surface area contributed by atoms with E-state index in [-0.39, 0.29) is 5.75 Å². The number of aromatic nitrogens is 2. The molecule has 2 aromatic rings. The molecule has 0 aliphatic carbocycles. The van der Waals surface area contributed by atoms with Crippen molar-refractivity contribution in [3.8, 4) is 5.75 Å². The number of hydrogen-bond acceptors (Lipinski definition) is 4. The summed E-state index contributed by atoms with van der Waals surface area (Å²) in [6.45, 7) is 1.84. The Balaban J connectivity index is 2.93. The first kappa shape index (κ1) is 6.54. The molecule has 0 atom stereocenters. The molecule has 1 aromatic heterocycles. The SMILES string of the molecule is Cc1ccc2nsnc2c1O. The minimum absolute atomic E-state index is 0.247. The van der Waals surface area contributed by atoms with E-state index in [1.54, 1.807) is 0 Å². The number of nitrogens with zero attached hydrogens (tertiary/aromatic N) is 2. The van der Waals surface area contributed by atoms with Crippen LogP contribution in [0.15, 0.2) is 12.1 Å². The molecule has 11 heavy (non-hydrogen) atoms. The van der Waals surface area contributed by atoms with Crippen molar-refractivity contribution in [2.24, 2.45) is 0 Å². The Labute approximate surface area is 67.6 Å². The second-order valence-electron chi connectivity index (χ2n) is 2.36. The number of aromatic hydroxyl groups is 1. The molecule has 1 heterocycles. The van der Waals surface area contributed by atoms with Gasteiger partial charge in [0.15, 0.2) is 0 Å². The molecule has 2 rings (SSSR count). The molecule has 0 saturated carbocycles. The zero-order chi connectivity index (χ0) is 7.84. The molecule has 0 aliphatic heterocycles. The quantitative estimate of drug-likeness (QED) is 0.648. The summed E-state index contributed by atoms with van der Waals surface area (Å²) >= 11 is 1.12. The van der Waals surface area contributed by atoms with Crippen LogP contribution in [0.3, 0.4) is 0 Å². The molecule has 3 nitrogen and oxygen atoms in total. The third kappa shape index (κ3) is 0.867. The Morgan fingerprint density at radius 2 is 2.18 bits per heavy atom. The van der Waals surface area contributed by atoms with E-state index in [1.165, 1.54) is 0 Å². The minimum atomic E-state index is 0.247. The summed E-state index contributed by atoms with van der Waals surface area (Å²) < 4.78 is 7.95. The van der Waals surface area contributed by atoms with Gasteiger partial charge in [0.25, 0.3) is 0 Å². The van der Waals surface area contributed by atoms with Crippen LogP contribution in [0.5, 0.6) is 5.75 Å². The van der Waals surface area contributed by atoms with Crippen molar-refractivity contribution in [3.63, 3.8) is 0 Å². The van der Waals surface area contributed by atoms with E-state index in [1.807, 2.05) is 19.1 Å². The summed E-state index contributed by atoms with van der Waals surface area (Å²) in [5.41, 5.74) is 2.21. The van der Waals surface area contributed by atoms with Gasteiger partial charge in [-0.15, -0.1) is 0 Å². The fourth-order valence-electron chi connectivity index (χ4n) is 0.939. The van der Waals surface area contributed by atoms with Gasteiger partial charge in [-0.2, -0.15) is 8.75 Å². The van der Waals surface area contributed by atoms with Gasteiger partial charge < -0.3 is 5.11 Å². The lowest BCUT2D eigenvalue weighted by molar-refractivity contribution is 0.476. The van der Waals surface area contributed by atoms with Crippen LogP contribution in [0, 0.1) is 6.92 Å². The Morgan fingerprint density at radius 1 is 1.36 bits per heavy atom. The van der Waals surface area contributed by atoms with Gasteiger partial charge >= 0.3 is 0 Å². The smallest absolute Gasteiger partial charge is 0.147 e. The molecule has 1 N–H and O–H groups in total. The van der Waals surface area contributed by atoms with Crippen LogP contribution in [0.25, 0.3) is 11.0 Å². The normalized spacial score (nSPS) is 10.6. The zero-order valence-corrected chi connectivity index (χ0v) is 6.72. The highest BCUT2D eigenvalue weighted by Crippen LogP contribution is 2.25. The molecule has 0 unspecified atom stereocenters. The van der Waals surface area contributed by atoms with Crippen molar-refractivity contribution in [3.05, 3.63) is 17.7 Å². The van der Waals surface area contributed by atoms with Crippen molar-refractivity contribution in [1.82, 2.24) is 8.75 Å². The highest BCUT2D eigenvalue weighted by Gasteiger charge is 2.05. The topological polar surface area (TPSA) is 46.0 Å². The van der Waals surface area contributed by atoms with E-state index >= 15 is 0 Å². The monoisotopic (exact) mass is 166 g/mol. The van der Waals surface area contributed by atoms with Gasteiger partial charge in [0, 0.05) is 0 Å². The van der Waals surface area contributed by atoms with E-state index in [0.717, 1.165) is 22.8 Å². The average Bonchev–Trinajstić information content (AvgIpc) is 2.45. The lowest BCUT2D eigenvalue weighted by Crippen LogP contribution is -1.76. The third-order valence-corrected chi connectivity index (χ3v) is 2.15. The largest absolute Gasteiger partial charge is 0.505 e. The van der Waals surface area contributed by atoms with Crippen molar-refractivity contribution in [1.29, 1.82) is 0 Å². The first-order valence-electron chi connectivity index (χ1n) is 3.20. The van der Waals surface area contributed by atoms with Crippen LogP contribution in [0.4, 0.5) is 0 Å². The van der Waals surface area contributed by atoms with Crippen LogP contribution in [-0.2, 0) is 0 Å². The molecular formula is C7H6N2OS.